The number of fused-ring (bicyclic) bond motifs is 5. The van der Waals surface area contributed by atoms with Gasteiger partial charge in [-0.1, -0.05) is 43.6 Å². The van der Waals surface area contributed by atoms with Crippen LogP contribution in [-0.2, 0) is 6.42 Å². The highest BCUT2D eigenvalue weighted by Crippen LogP contribution is 2.40. The van der Waals surface area contributed by atoms with Crippen LogP contribution >= 0.6 is 15.9 Å². The van der Waals surface area contributed by atoms with Crippen molar-refractivity contribution in [1.29, 1.82) is 0 Å². The van der Waals surface area contributed by atoms with Crippen molar-refractivity contribution >= 4 is 43.5 Å². The summed E-state index contributed by atoms with van der Waals surface area (Å²) in [6.45, 7) is 8.73. The number of carbonyl (C=O) groups is 1. The number of Topliss-reactive ketones (excluding diaryl/α,β-unsaturated/α-hetero) is 1. The Labute approximate surface area is 150 Å². The van der Waals surface area contributed by atoms with Gasteiger partial charge in [-0.05, 0) is 23.6 Å². The number of benzene rings is 1. The molecule has 2 aromatic heterocycles. The summed E-state index contributed by atoms with van der Waals surface area (Å²) < 4.78 is 1.03. The standard InChI is InChI=1S/C20H21BrN2O/c1-10(2)18-19-16(12-7-11(21)5-6-13(12)22-19)17-14(23-18)8-20(3,4)9-15(17)24/h5-7,10,22H,8-9H2,1-4H3/p+1. The van der Waals surface area contributed by atoms with E-state index in [1.54, 1.807) is 0 Å². The van der Waals surface area contributed by atoms with Crippen LogP contribution in [0.25, 0.3) is 21.8 Å². The van der Waals surface area contributed by atoms with Crippen molar-refractivity contribution in [3.05, 3.63) is 39.6 Å². The number of nitrogens with one attached hydrogen (secondary N) is 2. The predicted octanol–water partition coefficient (Wildman–Crippen LogP) is 5.18. The van der Waals surface area contributed by atoms with E-state index in [1.807, 2.05) is 6.07 Å². The van der Waals surface area contributed by atoms with Crippen LogP contribution in [0.3, 0.4) is 0 Å². The first-order valence-electron chi connectivity index (χ1n) is 8.49. The molecule has 124 valence electrons. The lowest BCUT2D eigenvalue weighted by atomic mass is 9.74. The third-order valence-corrected chi connectivity index (χ3v) is 5.51. The van der Waals surface area contributed by atoms with Crippen molar-refractivity contribution in [3.8, 4) is 0 Å². The lowest BCUT2D eigenvalue weighted by Gasteiger charge is -2.27. The summed E-state index contributed by atoms with van der Waals surface area (Å²) in [5, 5.41) is 2.21. The zero-order chi connectivity index (χ0) is 17.2. The van der Waals surface area contributed by atoms with Gasteiger partial charge in [-0.15, -0.1) is 0 Å². The predicted molar refractivity (Wildman–Crippen MR) is 101 cm³/mol. The van der Waals surface area contributed by atoms with E-state index in [2.05, 4.69) is 65.7 Å². The van der Waals surface area contributed by atoms with Crippen LogP contribution in [-0.4, -0.2) is 10.8 Å². The fraction of sp³-hybridized carbons (Fsp3) is 0.400. The van der Waals surface area contributed by atoms with Crippen molar-refractivity contribution in [1.82, 2.24) is 4.98 Å². The van der Waals surface area contributed by atoms with Gasteiger partial charge >= 0.3 is 0 Å². The van der Waals surface area contributed by atoms with E-state index in [1.165, 1.54) is 5.69 Å². The Morgan fingerprint density at radius 2 is 2.00 bits per heavy atom. The second-order valence-corrected chi connectivity index (χ2v) is 8.97. The van der Waals surface area contributed by atoms with Crippen LogP contribution in [0.5, 0.6) is 0 Å². The molecule has 4 heteroatoms. The molecule has 0 fully saturated rings. The topological polar surface area (TPSA) is 47.0 Å². The Hall–Kier alpha value is -1.68. The second-order valence-electron chi connectivity index (χ2n) is 8.05. The molecule has 0 atom stereocenters. The van der Waals surface area contributed by atoms with E-state index in [0.29, 0.717) is 12.3 Å². The van der Waals surface area contributed by atoms with Gasteiger partial charge in [0.1, 0.15) is 5.52 Å². The largest absolute Gasteiger partial charge is 0.349 e. The molecule has 3 aromatic rings. The van der Waals surface area contributed by atoms with Gasteiger partial charge in [0.05, 0.1) is 5.56 Å². The molecule has 1 aliphatic carbocycles. The van der Waals surface area contributed by atoms with Crippen LogP contribution in [0.15, 0.2) is 22.7 Å². The average Bonchev–Trinajstić information content (AvgIpc) is 2.83. The monoisotopic (exact) mass is 385 g/mol. The van der Waals surface area contributed by atoms with Gasteiger partial charge in [0.25, 0.3) is 0 Å². The van der Waals surface area contributed by atoms with E-state index < -0.39 is 0 Å². The number of pyridine rings is 1. The first kappa shape index (κ1) is 15.8. The number of aromatic nitrogens is 2. The fourth-order valence-electron chi connectivity index (χ4n) is 4.00. The Kier molecular flexibility index (Phi) is 3.40. The van der Waals surface area contributed by atoms with Crippen molar-refractivity contribution < 1.29 is 9.78 Å². The molecule has 0 bridgehead atoms. The average molecular weight is 386 g/mol. The van der Waals surface area contributed by atoms with Gasteiger partial charge in [-0.25, -0.2) is 4.98 Å². The number of rotatable bonds is 1. The Bertz CT molecular complexity index is 998. The maximum atomic E-state index is 13.0. The summed E-state index contributed by atoms with van der Waals surface area (Å²) in [5.74, 6) is 0.605. The highest BCUT2D eigenvalue weighted by Gasteiger charge is 2.38. The van der Waals surface area contributed by atoms with Crippen molar-refractivity contribution in [2.45, 2.75) is 46.5 Å². The van der Waals surface area contributed by atoms with Crippen molar-refractivity contribution in [3.63, 3.8) is 0 Å². The quantitative estimate of drug-likeness (QED) is 0.616. The number of hydrogen-bond donors (Lipinski definition) is 1. The van der Waals surface area contributed by atoms with Crippen LogP contribution in [0.4, 0.5) is 0 Å². The first-order valence-corrected chi connectivity index (χ1v) is 9.28. The number of H-pyrrole nitrogens is 2. The molecule has 2 heterocycles. The minimum atomic E-state index is 0.00913. The lowest BCUT2D eigenvalue weighted by Crippen LogP contribution is -2.34. The third-order valence-electron chi connectivity index (χ3n) is 5.02. The molecular weight excluding hydrogens is 364 g/mol. The molecule has 0 saturated heterocycles. The van der Waals surface area contributed by atoms with Crippen molar-refractivity contribution in [2.24, 2.45) is 5.41 Å². The zero-order valence-corrected chi connectivity index (χ0v) is 16.1. The van der Waals surface area contributed by atoms with Crippen LogP contribution < -0.4 is 4.98 Å². The van der Waals surface area contributed by atoms with Crippen molar-refractivity contribution in [2.75, 3.05) is 0 Å². The molecule has 24 heavy (non-hydrogen) atoms. The van der Waals surface area contributed by atoms with Gasteiger partial charge in [0.15, 0.2) is 11.5 Å². The Morgan fingerprint density at radius 1 is 1.25 bits per heavy atom. The molecular formula is C20H22BrN2O+. The highest BCUT2D eigenvalue weighted by atomic mass is 79.9. The normalized spacial score (nSPS) is 17.0. The summed E-state index contributed by atoms with van der Waals surface area (Å²) in [7, 11) is 0. The van der Waals surface area contributed by atoms with Crippen LogP contribution in [0, 0.1) is 5.41 Å². The summed E-state index contributed by atoms with van der Waals surface area (Å²) in [6.07, 6.45) is 1.51. The number of halogens is 1. The highest BCUT2D eigenvalue weighted by molar-refractivity contribution is 9.10. The summed E-state index contributed by atoms with van der Waals surface area (Å²) in [6, 6.07) is 6.23. The minimum Gasteiger partial charge on any atom is -0.349 e. The SMILES string of the molecule is CC(C)c1[nH+]c2c(c3c1[nH]c1ccc(Br)cc13)C(=O)CC(C)(C)C2. The van der Waals surface area contributed by atoms with Gasteiger partial charge in [0, 0.05) is 39.5 Å². The van der Waals surface area contributed by atoms with Gasteiger partial charge in [0.2, 0.25) is 5.69 Å². The molecule has 1 aliphatic rings. The van der Waals surface area contributed by atoms with E-state index in [-0.39, 0.29) is 11.2 Å². The van der Waals surface area contributed by atoms with E-state index >= 15 is 0 Å². The fourth-order valence-corrected chi connectivity index (χ4v) is 4.36. The molecule has 2 N–H and O–H groups in total. The first-order chi connectivity index (χ1) is 11.3. The number of aromatic amines is 2. The third kappa shape index (κ3) is 2.31. The molecule has 1 aromatic carbocycles. The van der Waals surface area contributed by atoms with Crippen LogP contribution in [0.1, 0.15) is 61.8 Å². The Balaban J connectivity index is 2.19. The maximum Gasteiger partial charge on any atom is 0.206 e. The van der Waals surface area contributed by atoms with E-state index in [4.69, 9.17) is 0 Å². The lowest BCUT2D eigenvalue weighted by molar-refractivity contribution is -0.404. The smallest absolute Gasteiger partial charge is 0.206 e. The zero-order valence-electron chi connectivity index (χ0n) is 14.5. The maximum absolute atomic E-state index is 13.0. The number of hydrogen-bond acceptors (Lipinski definition) is 1. The molecule has 0 radical (unpaired) electrons. The molecule has 0 saturated carbocycles. The molecule has 4 rings (SSSR count). The van der Waals surface area contributed by atoms with E-state index in [9.17, 15) is 4.79 Å². The number of carbonyl (C=O) groups excluding carboxylic acids is 1. The van der Waals surface area contributed by atoms with Crippen LogP contribution in [0.2, 0.25) is 0 Å². The van der Waals surface area contributed by atoms with Gasteiger partial charge in [-0.3, -0.25) is 4.79 Å². The Morgan fingerprint density at radius 3 is 2.71 bits per heavy atom. The summed E-state index contributed by atoms with van der Waals surface area (Å²) in [5.41, 5.74) is 5.32. The summed E-state index contributed by atoms with van der Waals surface area (Å²) in [4.78, 5) is 20.1. The van der Waals surface area contributed by atoms with Gasteiger partial charge < -0.3 is 4.98 Å². The molecule has 0 aliphatic heterocycles. The minimum absolute atomic E-state index is 0.00913. The summed E-state index contributed by atoms with van der Waals surface area (Å²) >= 11 is 3.57. The molecule has 0 amide bonds. The van der Waals surface area contributed by atoms with Gasteiger partial charge in [-0.2, -0.15) is 0 Å². The second kappa shape index (κ2) is 5.16. The molecule has 0 spiro atoms. The van der Waals surface area contributed by atoms with E-state index in [0.717, 1.165) is 44.0 Å². The molecule has 0 unspecified atom stereocenters. The molecule has 3 nitrogen and oxygen atoms in total. The number of ketones is 1.